The number of rotatable bonds is 8. The molecule has 36 heavy (non-hydrogen) atoms. The maximum atomic E-state index is 13.5. The van der Waals surface area contributed by atoms with E-state index in [0.29, 0.717) is 33.4 Å². The first-order valence-electron chi connectivity index (χ1n) is 11.5. The molecule has 0 saturated carbocycles. The number of benzene rings is 2. The molecule has 3 heterocycles. The van der Waals surface area contributed by atoms with Gasteiger partial charge in [-0.3, -0.25) is 4.79 Å². The molecule has 8 heteroatoms. The Labute approximate surface area is 221 Å². The van der Waals surface area contributed by atoms with Crippen LogP contribution in [0.3, 0.4) is 0 Å². The second-order valence-electron chi connectivity index (χ2n) is 8.12. The summed E-state index contributed by atoms with van der Waals surface area (Å²) in [5.41, 5.74) is 4.67. The number of thiophene rings is 2. The molecule has 0 spiro atoms. The molecule has 0 bridgehead atoms. The molecule has 5 aromatic rings. The number of anilines is 1. The third-order valence-corrected chi connectivity index (χ3v) is 7.88. The lowest BCUT2D eigenvalue weighted by molar-refractivity contribution is 0.0529. The SMILES string of the molecule is CCOC(=O)c1c(-c2ccc(Cl)cc2)csc1NC(=O)c1cc2sccc2n1CCc1ccccc1. The maximum Gasteiger partial charge on any atom is 0.341 e. The Kier molecular flexibility index (Phi) is 7.23. The number of nitrogens with zero attached hydrogens (tertiary/aromatic N) is 1. The van der Waals surface area contributed by atoms with Crippen molar-refractivity contribution < 1.29 is 14.3 Å². The Bertz CT molecular complexity index is 1520. The van der Waals surface area contributed by atoms with Crippen molar-refractivity contribution in [3.8, 4) is 11.1 Å². The molecule has 5 nitrogen and oxygen atoms in total. The van der Waals surface area contributed by atoms with Gasteiger partial charge in [-0.15, -0.1) is 22.7 Å². The third kappa shape index (κ3) is 4.95. The summed E-state index contributed by atoms with van der Waals surface area (Å²) in [5, 5.41) is 7.95. The topological polar surface area (TPSA) is 60.3 Å². The fourth-order valence-corrected chi connectivity index (χ4v) is 6.06. The number of hydrogen-bond donors (Lipinski definition) is 1. The average Bonchev–Trinajstić information content (AvgIpc) is 3.59. The Hall–Kier alpha value is -3.39. The molecule has 5 rings (SSSR count). The van der Waals surface area contributed by atoms with Crippen LogP contribution in [-0.2, 0) is 17.7 Å². The van der Waals surface area contributed by atoms with Crippen molar-refractivity contribution in [2.75, 3.05) is 11.9 Å². The van der Waals surface area contributed by atoms with Crippen LogP contribution in [0.5, 0.6) is 0 Å². The summed E-state index contributed by atoms with van der Waals surface area (Å²) >= 11 is 8.96. The van der Waals surface area contributed by atoms with Gasteiger partial charge in [-0.2, -0.15) is 0 Å². The summed E-state index contributed by atoms with van der Waals surface area (Å²) in [6.45, 7) is 2.66. The van der Waals surface area contributed by atoms with E-state index in [1.807, 2.05) is 57.8 Å². The number of ether oxygens (including phenoxy) is 1. The molecule has 182 valence electrons. The minimum absolute atomic E-state index is 0.237. The first kappa shape index (κ1) is 24.3. The molecule has 0 saturated heterocycles. The van der Waals surface area contributed by atoms with E-state index >= 15 is 0 Å². The zero-order valence-electron chi connectivity index (χ0n) is 19.5. The molecule has 0 aliphatic carbocycles. The summed E-state index contributed by atoms with van der Waals surface area (Å²) in [7, 11) is 0. The first-order valence-corrected chi connectivity index (χ1v) is 13.7. The number of amides is 1. The zero-order chi connectivity index (χ0) is 25.1. The Morgan fingerprint density at radius 1 is 1.03 bits per heavy atom. The van der Waals surface area contributed by atoms with Crippen LogP contribution in [0.2, 0.25) is 5.02 Å². The van der Waals surface area contributed by atoms with Crippen LogP contribution >= 0.6 is 34.3 Å². The largest absolute Gasteiger partial charge is 0.462 e. The highest BCUT2D eigenvalue weighted by Gasteiger charge is 2.25. The van der Waals surface area contributed by atoms with Gasteiger partial charge < -0.3 is 14.6 Å². The van der Waals surface area contributed by atoms with E-state index < -0.39 is 5.97 Å². The lowest BCUT2D eigenvalue weighted by Crippen LogP contribution is -2.19. The molecule has 1 N–H and O–H groups in total. The quantitative estimate of drug-likeness (QED) is 0.207. The van der Waals surface area contributed by atoms with Gasteiger partial charge >= 0.3 is 5.97 Å². The molecular formula is C28H23ClN2O3S2. The number of aromatic nitrogens is 1. The van der Waals surface area contributed by atoms with Crippen molar-refractivity contribution in [2.24, 2.45) is 0 Å². The molecule has 0 aliphatic heterocycles. The smallest absolute Gasteiger partial charge is 0.341 e. The fraction of sp³-hybridized carbons (Fsp3) is 0.143. The van der Waals surface area contributed by atoms with E-state index in [0.717, 1.165) is 22.2 Å². The minimum atomic E-state index is -0.473. The van der Waals surface area contributed by atoms with Gasteiger partial charge in [0.15, 0.2) is 0 Å². The maximum absolute atomic E-state index is 13.5. The number of nitrogens with one attached hydrogen (secondary N) is 1. The molecule has 0 unspecified atom stereocenters. The Morgan fingerprint density at radius 3 is 2.56 bits per heavy atom. The summed E-state index contributed by atoms with van der Waals surface area (Å²) in [6, 6.07) is 21.4. The third-order valence-electron chi connectivity index (χ3n) is 5.88. The van der Waals surface area contributed by atoms with Gasteiger partial charge in [0.05, 0.1) is 16.8 Å². The van der Waals surface area contributed by atoms with Crippen LogP contribution in [0.25, 0.3) is 21.3 Å². The number of carbonyl (C=O) groups is 2. The van der Waals surface area contributed by atoms with Gasteiger partial charge in [-0.1, -0.05) is 54.1 Å². The fourth-order valence-electron chi connectivity index (χ4n) is 4.16. The van der Waals surface area contributed by atoms with Crippen molar-refractivity contribution in [1.29, 1.82) is 0 Å². The molecule has 0 atom stereocenters. The summed E-state index contributed by atoms with van der Waals surface area (Å²) < 4.78 is 8.43. The highest BCUT2D eigenvalue weighted by molar-refractivity contribution is 7.17. The molecule has 0 fully saturated rings. The van der Waals surface area contributed by atoms with E-state index in [9.17, 15) is 9.59 Å². The normalized spacial score (nSPS) is 11.1. The summed E-state index contributed by atoms with van der Waals surface area (Å²) in [5.74, 6) is -0.735. The lowest BCUT2D eigenvalue weighted by Gasteiger charge is -2.12. The second-order valence-corrected chi connectivity index (χ2v) is 10.4. The molecule has 2 aromatic carbocycles. The zero-order valence-corrected chi connectivity index (χ0v) is 21.9. The van der Waals surface area contributed by atoms with Crippen LogP contribution in [0, 0.1) is 0 Å². The standard InChI is InChI=1S/C28H23ClN2O3S2/c1-2-34-28(33)25-21(19-8-10-20(29)11-9-19)17-36-27(25)30-26(32)23-16-24-22(13-15-35-24)31(23)14-12-18-6-4-3-5-7-18/h3-11,13,15-17H,2,12,14H2,1H3,(H,30,32). The van der Waals surface area contributed by atoms with Crippen LogP contribution < -0.4 is 5.32 Å². The van der Waals surface area contributed by atoms with Crippen molar-refractivity contribution in [3.63, 3.8) is 0 Å². The highest BCUT2D eigenvalue weighted by Crippen LogP contribution is 2.37. The van der Waals surface area contributed by atoms with Crippen molar-refractivity contribution in [2.45, 2.75) is 19.9 Å². The minimum Gasteiger partial charge on any atom is -0.462 e. The number of hydrogen-bond acceptors (Lipinski definition) is 5. The van der Waals surface area contributed by atoms with E-state index in [1.165, 1.54) is 16.9 Å². The predicted molar refractivity (Wildman–Crippen MR) is 149 cm³/mol. The second kappa shape index (κ2) is 10.7. The highest BCUT2D eigenvalue weighted by atomic mass is 35.5. The van der Waals surface area contributed by atoms with Gasteiger partial charge in [0, 0.05) is 22.5 Å². The number of fused-ring (bicyclic) bond motifs is 1. The van der Waals surface area contributed by atoms with Gasteiger partial charge in [0.1, 0.15) is 16.3 Å². The number of halogens is 1. The van der Waals surface area contributed by atoms with E-state index in [-0.39, 0.29) is 12.5 Å². The monoisotopic (exact) mass is 534 g/mol. The Morgan fingerprint density at radius 2 is 1.81 bits per heavy atom. The van der Waals surface area contributed by atoms with Crippen molar-refractivity contribution in [3.05, 3.63) is 99.3 Å². The summed E-state index contributed by atoms with van der Waals surface area (Å²) in [4.78, 5) is 26.5. The molecule has 0 aliphatic rings. The number of carbonyl (C=O) groups excluding carboxylic acids is 2. The molecular weight excluding hydrogens is 512 g/mol. The average molecular weight is 535 g/mol. The van der Waals surface area contributed by atoms with Crippen LogP contribution in [0.1, 0.15) is 33.3 Å². The van der Waals surface area contributed by atoms with Crippen molar-refractivity contribution >= 4 is 61.4 Å². The number of esters is 1. The predicted octanol–water partition coefficient (Wildman–Crippen LogP) is 7.76. The summed E-state index contributed by atoms with van der Waals surface area (Å²) in [6.07, 6.45) is 0.800. The molecule has 3 aromatic heterocycles. The van der Waals surface area contributed by atoms with Gasteiger partial charge in [-0.25, -0.2) is 4.79 Å². The van der Waals surface area contributed by atoms with Crippen LogP contribution in [0.4, 0.5) is 5.00 Å². The Balaban J connectivity index is 1.47. The molecule has 1 amide bonds. The van der Waals surface area contributed by atoms with Crippen LogP contribution in [0.15, 0.2) is 77.5 Å². The van der Waals surface area contributed by atoms with Crippen LogP contribution in [-0.4, -0.2) is 23.1 Å². The van der Waals surface area contributed by atoms with E-state index in [1.54, 1.807) is 30.4 Å². The van der Waals surface area contributed by atoms with E-state index in [2.05, 4.69) is 17.4 Å². The first-order chi connectivity index (χ1) is 17.5. The van der Waals surface area contributed by atoms with Gasteiger partial charge in [0.25, 0.3) is 5.91 Å². The number of aryl methyl sites for hydroxylation is 2. The van der Waals surface area contributed by atoms with E-state index in [4.69, 9.17) is 16.3 Å². The molecule has 0 radical (unpaired) electrons. The van der Waals surface area contributed by atoms with Gasteiger partial charge in [-0.05, 0) is 54.1 Å². The lowest BCUT2D eigenvalue weighted by atomic mass is 10.0. The van der Waals surface area contributed by atoms with Gasteiger partial charge in [0.2, 0.25) is 0 Å². The van der Waals surface area contributed by atoms with Crippen molar-refractivity contribution in [1.82, 2.24) is 4.57 Å².